The van der Waals surface area contributed by atoms with E-state index >= 15 is 0 Å². The molecule has 0 aliphatic rings. The first kappa shape index (κ1) is 16.3. The van der Waals surface area contributed by atoms with E-state index in [1.165, 1.54) is 5.56 Å². The molecule has 3 aromatic heterocycles. The third kappa shape index (κ3) is 2.92. The maximum atomic E-state index is 5.67. The van der Waals surface area contributed by atoms with Crippen LogP contribution in [0.5, 0.6) is 0 Å². The highest BCUT2D eigenvalue weighted by molar-refractivity contribution is 5.66. The van der Waals surface area contributed by atoms with Gasteiger partial charge in [0.1, 0.15) is 5.82 Å². The molecule has 3 heterocycles. The second-order valence-corrected chi connectivity index (χ2v) is 7.44. The van der Waals surface area contributed by atoms with Gasteiger partial charge in [0.05, 0.1) is 23.8 Å². The van der Waals surface area contributed by atoms with Gasteiger partial charge in [-0.05, 0) is 23.1 Å². The number of benzene rings is 1. The molecule has 26 heavy (non-hydrogen) atoms. The average molecular weight is 343 g/mol. The number of rotatable bonds is 2. The van der Waals surface area contributed by atoms with Crippen molar-refractivity contribution in [3.8, 4) is 22.5 Å². The van der Waals surface area contributed by atoms with E-state index in [0.717, 1.165) is 28.2 Å². The number of pyridine rings is 1. The molecular formula is C21H21N5. The van der Waals surface area contributed by atoms with Crippen LogP contribution in [0.4, 0.5) is 5.82 Å². The molecule has 0 fully saturated rings. The average Bonchev–Trinajstić information content (AvgIpc) is 3.05. The van der Waals surface area contributed by atoms with Crippen LogP contribution >= 0.6 is 0 Å². The number of anilines is 1. The van der Waals surface area contributed by atoms with Crippen LogP contribution in [0.1, 0.15) is 26.3 Å². The second kappa shape index (κ2) is 5.95. The molecule has 0 spiro atoms. The fourth-order valence-corrected chi connectivity index (χ4v) is 2.95. The van der Waals surface area contributed by atoms with E-state index in [4.69, 9.17) is 5.73 Å². The van der Waals surface area contributed by atoms with Crippen LogP contribution in [0.25, 0.3) is 28.2 Å². The molecule has 4 aromatic rings. The van der Waals surface area contributed by atoms with E-state index in [-0.39, 0.29) is 5.41 Å². The molecule has 0 amide bonds. The summed E-state index contributed by atoms with van der Waals surface area (Å²) in [4.78, 5) is 13.1. The number of nitrogen functional groups attached to an aromatic ring is 1. The van der Waals surface area contributed by atoms with Crippen molar-refractivity contribution in [2.75, 3.05) is 5.73 Å². The molecule has 0 saturated heterocycles. The molecule has 130 valence electrons. The molecule has 1 aromatic carbocycles. The Hall–Kier alpha value is -3.21. The van der Waals surface area contributed by atoms with E-state index in [2.05, 4.69) is 64.4 Å². The van der Waals surface area contributed by atoms with E-state index in [1.807, 2.05) is 18.5 Å². The molecule has 0 aliphatic carbocycles. The SMILES string of the molecule is CC(C)(C)c1ccc(-c2cnc3cnc(-c4ccc(N)nc4)cn23)cc1. The highest BCUT2D eigenvalue weighted by Gasteiger charge is 2.14. The van der Waals surface area contributed by atoms with Crippen molar-refractivity contribution < 1.29 is 0 Å². The summed E-state index contributed by atoms with van der Waals surface area (Å²) >= 11 is 0. The lowest BCUT2D eigenvalue weighted by Gasteiger charge is -2.19. The van der Waals surface area contributed by atoms with Gasteiger partial charge in [-0.15, -0.1) is 0 Å². The lowest BCUT2D eigenvalue weighted by molar-refractivity contribution is 0.590. The van der Waals surface area contributed by atoms with Crippen LogP contribution in [0.3, 0.4) is 0 Å². The number of aromatic nitrogens is 4. The second-order valence-electron chi connectivity index (χ2n) is 7.44. The number of imidazole rings is 1. The highest BCUT2D eigenvalue weighted by Crippen LogP contribution is 2.27. The quantitative estimate of drug-likeness (QED) is 0.588. The lowest BCUT2D eigenvalue weighted by atomic mass is 9.86. The smallest absolute Gasteiger partial charge is 0.155 e. The maximum absolute atomic E-state index is 5.67. The van der Waals surface area contributed by atoms with Crippen molar-refractivity contribution in [1.82, 2.24) is 19.4 Å². The Morgan fingerprint density at radius 2 is 1.54 bits per heavy atom. The fourth-order valence-electron chi connectivity index (χ4n) is 2.95. The summed E-state index contributed by atoms with van der Waals surface area (Å²) in [5.74, 6) is 0.497. The van der Waals surface area contributed by atoms with E-state index in [9.17, 15) is 0 Å². The van der Waals surface area contributed by atoms with Gasteiger partial charge < -0.3 is 5.73 Å². The van der Waals surface area contributed by atoms with E-state index < -0.39 is 0 Å². The minimum atomic E-state index is 0.136. The zero-order valence-electron chi connectivity index (χ0n) is 15.1. The van der Waals surface area contributed by atoms with Gasteiger partial charge in [-0.1, -0.05) is 45.0 Å². The van der Waals surface area contributed by atoms with Gasteiger partial charge in [0.15, 0.2) is 5.65 Å². The fraction of sp³-hybridized carbons (Fsp3) is 0.190. The van der Waals surface area contributed by atoms with Crippen molar-refractivity contribution in [2.45, 2.75) is 26.2 Å². The van der Waals surface area contributed by atoms with Gasteiger partial charge >= 0.3 is 0 Å². The molecule has 5 heteroatoms. The largest absolute Gasteiger partial charge is 0.384 e. The van der Waals surface area contributed by atoms with Crippen LogP contribution in [-0.4, -0.2) is 19.4 Å². The molecule has 5 nitrogen and oxygen atoms in total. The molecular weight excluding hydrogens is 322 g/mol. The third-order valence-corrected chi connectivity index (χ3v) is 4.52. The number of nitrogens with zero attached hydrogens (tertiary/aromatic N) is 4. The third-order valence-electron chi connectivity index (χ3n) is 4.52. The molecule has 0 saturated carbocycles. The molecule has 0 aliphatic heterocycles. The molecule has 0 unspecified atom stereocenters. The highest BCUT2D eigenvalue weighted by atomic mass is 15.0. The minimum absolute atomic E-state index is 0.136. The van der Waals surface area contributed by atoms with Crippen molar-refractivity contribution in [3.63, 3.8) is 0 Å². The predicted molar refractivity (Wildman–Crippen MR) is 105 cm³/mol. The Bertz CT molecular complexity index is 1050. The van der Waals surface area contributed by atoms with Gasteiger partial charge in [0, 0.05) is 23.5 Å². The van der Waals surface area contributed by atoms with Crippen molar-refractivity contribution in [3.05, 3.63) is 66.7 Å². The van der Waals surface area contributed by atoms with Crippen molar-refractivity contribution in [2.24, 2.45) is 0 Å². The van der Waals surface area contributed by atoms with E-state index in [1.54, 1.807) is 18.5 Å². The van der Waals surface area contributed by atoms with Crippen LogP contribution in [0.15, 0.2) is 61.2 Å². The summed E-state index contributed by atoms with van der Waals surface area (Å²) in [7, 11) is 0. The minimum Gasteiger partial charge on any atom is -0.384 e. The number of fused-ring (bicyclic) bond motifs is 1. The van der Waals surface area contributed by atoms with Gasteiger partial charge in [-0.2, -0.15) is 0 Å². The Morgan fingerprint density at radius 3 is 2.19 bits per heavy atom. The van der Waals surface area contributed by atoms with Crippen LogP contribution < -0.4 is 5.73 Å². The Kier molecular flexibility index (Phi) is 3.72. The Balaban J connectivity index is 1.78. The normalized spacial score (nSPS) is 11.8. The van der Waals surface area contributed by atoms with Gasteiger partial charge in [-0.25, -0.2) is 9.97 Å². The molecule has 0 bridgehead atoms. The molecule has 0 atom stereocenters. The standard InChI is InChI=1S/C21H21N5/c1-21(2,3)16-7-4-14(5-8-16)18-11-25-20-12-23-17(13-26(18)20)15-6-9-19(22)24-10-15/h4-13H,1-3H3,(H2,22,24). The summed E-state index contributed by atoms with van der Waals surface area (Å²) < 4.78 is 2.06. The topological polar surface area (TPSA) is 69.1 Å². The number of nitrogens with two attached hydrogens (primary N) is 1. The number of hydrogen-bond acceptors (Lipinski definition) is 4. The van der Waals surface area contributed by atoms with Crippen LogP contribution in [0, 0.1) is 0 Å². The van der Waals surface area contributed by atoms with Crippen molar-refractivity contribution in [1.29, 1.82) is 0 Å². The summed E-state index contributed by atoms with van der Waals surface area (Å²) in [5, 5.41) is 0. The first-order valence-electron chi connectivity index (χ1n) is 8.58. The first-order chi connectivity index (χ1) is 12.4. The maximum Gasteiger partial charge on any atom is 0.155 e. The van der Waals surface area contributed by atoms with Crippen molar-refractivity contribution >= 4 is 11.5 Å². The van der Waals surface area contributed by atoms with Gasteiger partial charge in [0.2, 0.25) is 0 Å². The summed E-state index contributed by atoms with van der Waals surface area (Å²) in [6.45, 7) is 6.65. The summed E-state index contributed by atoms with van der Waals surface area (Å²) in [6.07, 6.45) is 7.38. The summed E-state index contributed by atoms with van der Waals surface area (Å²) in [5.41, 5.74) is 11.8. The van der Waals surface area contributed by atoms with E-state index in [0.29, 0.717) is 5.82 Å². The zero-order chi connectivity index (χ0) is 18.3. The first-order valence-corrected chi connectivity index (χ1v) is 8.58. The van der Waals surface area contributed by atoms with Crippen LogP contribution in [0.2, 0.25) is 0 Å². The Morgan fingerprint density at radius 1 is 0.808 bits per heavy atom. The zero-order valence-corrected chi connectivity index (χ0v) is 15.1. The number of hydrogen-bond donors (Lipinski definition) is 1. The lowest BCUT2D eigenvalue weighted by Crippen LogP contribution is -2.10. The van der Waals surface area contributed by atoms with Gasteiger partial charge in [-0.3, -0.25) is 9.38 Å². The molecule has 0 radical (unpaired) electrons. The Labute approximate surface area is 152 Å². The van der Waals surface area contributed by atoms with Gasteiger partial charge in [0.25, 0.3) is 0 Å². The predicted octanol–water partition coefficient (Wildman–Crippen LogP) is 4.34. The monoisotopic (exact) mass is 343 g/mol. The summed E-state index contributed by atoms with van der Waals surface area (Å²) in [6, 6.07) is 12.4. The molecule has 4 rings (SSSR count). The molecule has 2 N–H and O–H groups in total. The van der Waals surface area contributed by atoms with Crippen LogP contribution in [-0.2, 0) is 5.41 Å².